The highest BCUT2D eigenvalue weighted by atomic mass is 32.2. The van der Waals surface area contributed by atoms with Gasteiger partial charge in [0, 0.05) is 43.4 Å². The standard InChI is InChI=1S/C24H38FN7O4S/c1-7-16-12-18(13-17(8-2)32(16)37(34,35)10-4)31(6)24-26-19(14-36-21(33)9-3)22(25)23(28-24)27-20-11-15(5)29-30-20/h11,16-18H,7-10,12-14H2,1-6H3,(H2,26,27,28,29,30)/t16-,17+,18?. The summed E-state index contributed by atoms with van der Waals surface area (Å²) in [4.78, 5) is 22.5. The first-order valence-corrected chi connectivity index (χ1v) is 14.4. The van der Waals surface area contributed by atoms with Crippen molar-refractivity contribution in [1.29, 1.82) is 0 Å². The first kappa shape index (κ1) is 28.8. The van der Waals surface area contributed by atoms with E-state index in [0.29, 0.717) is 31.5 Å². The van der Waals surface area contributed by atoms with Crippen LogP contribution >= 0.6 is 0 Å². The fourth-order valence-electron chi connectivity index (χ4n) is 4.68. The maximum absolute atomic E-state index is 15.4. The SMILES string of the molecule is CCC(=O)OCc1nc(N(C)C2C[C@@H](CC)N(S(=O)(=O)CC)[C@@H](CC)C2)nc(Nc2cc(C)[nH]n2)c1F. The van der Waals surface area contributed by atoms with Gasteiger partial charge in [-0.1, -0.05) is 20.8 Å². The number of ether oxygens (including phenoxy) is 1. The second kappa shape index (κ2) is 12.2. The van der Waals surface area contributed by atoms with Crippen molar-refractivity contribution in [2.45, 2.75) is 91.5 Å². The third-order valence-corrected chi connectivity index (χ3v) is 8.79. The maximum atomic E-state index is 15.4. The Morgan fingerprint density at radius 3 is 2.38 bits per heavy atom. The molecule has 0 aromatic carbocycles. The van der Waals surface area contributed by atoms with E-state index < -0.39 is 21.8 Å². The molecule has 2 aromatic heterocycles. The molecule has 1 aliphatic rings. The first-order valence-electron chi connectivity index (χ1n) is 12.8. The molecule has 1 unspecified atom stereocenters. The van der Waals surface area contributed by atoms with Gasteiger partial charge in [-0.3, -0.25) is 9.89 Å². The zero-order valence-corrected chi connectivity index (χ0v) is 23.2. The van der Waals surface area contributed by atoms with Crippen LogP contribution in [0.2, 0.25) is 0 Å². The third-order valence-electron chi connectivity index (χ3n) is 6.82. The van der Waals surface area contributed by atoms with Gasteiger partial charge < -0.3 is 15.0 Å². The molecule has 0 aliphatic carbocycles. The normalized spacial score (nSPS) is 20.6. The monoisotopic (exact) mass is 539 g/mol. The van der Waals surface area contributed by atoms with E-state index in [2.05, 4.69) is 25.5 Å². The van der Waals surface area contributed by atoms with Crippen molar-refractivity contribution in [3.63, 3.8) is 0 Å². The lowest BCUT2D eigenvalue weighted by molar-refractivity contribution is -0.144. The molecular weight excluding hydrogens is 501 g/mol. The molecule has 3 rings (SSSR count). The molecule has 2 N–H and O–H groups in total. The number of aromatic nitrogens is 4. The average molecular weight is 540 g/mol. The number of anilines is 3. The smallest absolute Gasteiger partial charge is 0.305 e. The van der Waals surface area contributed by atoms with E-state index in [4.69, 9.17) is 4.74 Å². The molecule has 0 spiro atoms. The number of piperidine rings is 1. The molecule has 3 atom stereocenters. The number of aryl methyl sites for hydroxylation is 1. The van der Waals surface area contributed by atoms with Gasteiger partial charge in [0.15, 0.2) is 17.5 Å². The van der Waals surface area contributed by atoms with Crippen LogP contribution in [0.5, 0.6) is 0 Å². The van der Waals surface area contributed by atoms with Gasteiger partial charge in [0.2, 0.25) is 16.0 Å². The maximum Gasteiger partial charge on any atom is 0.305 e. The van der Waals surface area contributed by atoms with Gasteiger partial charge in [0.25, 0.3) is 0 Å². The minimum Gasteiger partial charge on any atom is -0.459 e. The van der Waals surface area contributed by atoms with Crippen LogP contribution in [0.3, 0.4) is 0 Å². The van der Waals surface area contributed by atoms with Crippen molar-refractivity contribution < 1.29 is 22.3 Å². The zero-order chi connectivity index (χ0) is 27.3. The van der Waals surface area contributed by atoms with Crippen LogP contribution in [-0.2, 0) is 26.2 Å². The minimum atomic E-state index is -3.36. The number of carbonyl (C=O) groups is 1. The summed E-state index contributed by atoms with van der Waals surface area (Å²) in [7, 11) is -1.54. The molecule has 1 fully saturated rings. The lowest BCUT2D eigenvalue weighted by atomic mass is 9.90. The highest BCUT2D eigenvalue weighted by molar-refractivity contribution is 7.89. The van der Waals surface area contributed by atoms with E-state index in [0.717, 1.165) is 5.69 Å². The lowest BCUT2D eigenvalue weighted by Crippen LogP contribution is -2.56. The Hall–Kier alpha value is -2.80. The molecular formula is C24H38FN7O4S. The van der Waals surface area contributed by atoms with Crippen LogP contribution in [-0.4, -0.2) is 69.8 Å². The largest absolute Gasteiger partial charge is 0.459 e. The van der Waals surface area contributed by atoms with Gasteiger partial charge in [-0.2, -0.15) is 14.4 Å². The molecule has 0 amide bonds. The number of hydrogen-bond acceptors (Lipinski definition) is 9. The Balaban J connectivity index is 1.96. The molecule has 0 radical (unpaired) electrons. The van der Waals surface area contributed by atoms with Gasteiger partial charge >= 0.3 is 5.97 Å². The van der Waals surface area contributed by atoms with Gasteiger partial charge in [0.05, 0.1) is 5.75 Å². The number of rotatable bonds is 11. The summed E-state index contributed by atoms with van der Waals surface area (Å²) in [5.41, 5.74) is 0.731. The van der Waals surface area contributed by atoms with Crippen LogP contribution in [0.25, 0.3) is 0 Å². The second-order valence-electron chi connectivity index (χ2n) is 9.30. The number of sulfonamides is 1. The summed E-state index contributed by atoms with van der Waals surface area (Å²) in [6.07, 6.45) is 2.69. The van der Waals surface area contributed by atoms with Crippen LogP contribution in [0.15, 0.2) is 6.07 Å². The van der Waals surface area contributed by atoms with Gasteiger partial charge in [-0.05, 0) is 39.5 Å². The molecule has 2 aromatic rings. The number of nitrogens with one attached hydrogen (secondary N) is 2. The predicted molar refractivity (Wildman–Crippen MR) is 140 cm³/mol. The van der Waals surface area contributed by atoms with E-state index >= 15 is 4.39 Å². The average Bonchev–Trinajstić information content (AvgIpc) is 3.31. The molecule has 206 valence electrons. The predicted octanol–water partition coefficient (Wildman–Crippen LogP) is 3.65. The van der Waals surface area contributed by atoms with Gasteiger partial charge in [-0.15, -0.1) is 0 Å². The molecule has 1 saturated heterocycles. The van der Waals surface area contributed by atoms with Crippen molar-refractivity contribution in [3.05, 3.63) is 23.3 Å². The summed E-state index contributed by atoms with van der Waals surface area (Å²) in [6.45, 7) is 8.79. The summed E-state index contributed by atoms with van der Waals surface area (Å²) in [5, 5.41) is 9.77. The van der Waals surface area contributed by atoms with Crippen LogP contribution < -0.4 is 10.2 Å². The topological polar surface area (TPSA) is 133 Å². The summed E-state index contributed by atoms with van der Waals surface area (Å²) in [5.74, 6) is -0.593. The van der Waals surface area contributed by atoms with Crippen molar-refractivity contribution in [1.82, 2.24) is 24.5 Å². The zero-order valence-electron chi connectivity index (χ0n) is 22.4. The molecule has 0 saturated carbocycles. The van der Waals surface area contributed by atoms with E-state index in [1.165, 1.54) is 0 Å². The Bertz CT molecular complexity index is 1180. The molecule has 11 nitrogen and oxygen atoms in total. The number of halogens is 1. The summed E-state index contributed by atoms with van der Waals surface area (Å²) in [6, 6.07) is 1.32. The second-order valence-corrected chi connectivity index (χ2v) is 11.5. The number of H-pyrrole nitrogens is 1. The van der Waals surface area contributed by atoms with Crippen molar-refractivity contribution in [3.8, 4) is 0 Å². The van der Waals surface area contributed by atoms with E-state index in [1.807, 2.05) is 32.7 Å². The Kier molecular flexibility index (Phi) is 9.46. The van der Waals surface area contributed by atoms with Crippen molar-refractivity contribution in [2.75, 3.05) is 23.0 Å². The summed E-state index contributed by atoms with van der Waals surface area (Å²) >= 11 is 0. The Morgan fingerprint density at radius 1 is 1.22 bits per heavy atom. The van der Waals surface area contributed by atoms with Crippen LogP contribution in [0.4, 0.5) is 22.0 Å². The fraction of sp³-hybridized carbons (Fsp3) is 0.667. The van der Waals surface area contributed by atoms with Crippen LogP contribution in [0, 0.1) is 12.7 Å². The summed E-state index contributed by atoms with van der Waals surface area (Å²) < 4.78 is 48.0. The third kappa shape index (κ3) is 6.56. The molecule has 0 bridgehead atoms. The van der Waals surface area contributed by atoms with Gasteiger partial charge in [0.1, 0.15) is 12.3 Å². The Labute approximate surface area is 218 Å². The number of carbonyl (C=O) groups excluding carboxylic acids is 1. The van der Waals surface area contributed by atoms with Gasteiger partial charge in [-0.25, -0.2) is 17.8 Å². The highest BCUT2D eigenvalue weighted by Gasteiger charge is 2.41. The number of esters is 1. The first-order chi connectivity index (χ1) is 17.5. The lowest BCUT2D eigenvalue weighted by Gasteiger charge is -2.46. The number of aromatic amines is 1. The number of hydrogen-bond donors (Lipinski definition) is 2. The fourth-order valence-corrected chi connectivity index (χ4v) is 6.35. The quantitative estimate of drug-likeness (QED) is 0.410. The van der Waals surface area contributed by atoms with E-state index in [-0.39, 0.29) is 54.4 Å². The van der Waals surface area contributed by atoms with E-state index in [1.54, 1.807) is 24.2 Å². The minimum absolute atomic E-state index is 0.0570. The molecule has 1 aliphatic heterocycles. The van der Waals surface area contributed by atoms with Crippen molar-refractivity contribution in [2.24, 2.45) is 0 Å². The Morgan fingerprint density at radius 2 is 1.86 bits per heavy atom. The highest BCUT2D eigenvalue weighted by Crippen LogP contribution is 2.34. The van der Waals surface area contributed by atoms with Crippen molar-refractivity contribution >= 4 is 33.6 Å². The van der Waals surface area contributed by atoms with E-state index in [9.17, 15) is 13.2 Å². The number of nitrogens with zero attached hydrogens (tertiary/aromatic N) is 5. The molecule has 3 heterocycles. The van der Waals surface area contributed by atoms with Crippen LogP contribution in [0.1, 0.15) is 71.2 Å². The molecule has 37 heavy (non-hydrogen) atoms. The molecule has 13 heteroatoms.